The molecule has 1 heterocycles. The molecular weight excluding hydrogens is 152 g/mol. The Bertz CT molecular complexity index is 136. The van der Waals surface area contributed by atoms with E-state index in [1.165, 1.54) is 19.3 Å². The molecule has 0 aromatic carbocycles. The molecule has 1 atom stereocenters. The van der Waals surface area contributed by atoms with Crippen LogP contribution >= 0.6 is 0 Å². The van der Waals surface area contributed by atoms with Crippen LogP contribution < -0.4 is 0 Å². The Morgan fingerprint density at radius 2 is 2.36 bits per heavy atom. The lowest BCUT2D eigenvalue weighted by Crippen LogP contribution is -2.38. The second kappa shape index (κ2) is 4.07. The van der Waals surface area contributed by atoms with Crippen molar-refractivity contribution in [2.45, 2.75) is 31.0 Å². The summed E-state index contributed by atoms with van der Waals surface area (Å²) < 4.78 is 5.79. The lowest BCUT2D eigenvalue weighted by molar-refractivity contribution is 0.0131. The minimum Gasteiger partial charge on any atom is -0.375 e. The van der Waals surface area contributed by atoms with Gasteiger partial charge in [0.25, 0.3) is 0 Å². The quantitative estimate of drug-likeness (QED) is 0.569. The third-order valence-electron chi connectivity index (χ3n) is 2.40. The molecule has 0 aromatic heterocycles. The van der Waals surface area contributed by atoms with Crippen LogP contribution in [0.15, 0.2) is 12.2 Å². The van der Waals surface area contributed by atoms with Crippen molar-refractivity contribution in [3.63, 3.8) is 0 Å². The number of hydrogen-bond acceptors (Lipinski definition) is 1. The normalized spacial score (nSPS) is 34.0. The van der Waals surface area contributed by atoms with E-state index in [9.17, 15) is 0 Å². The smallest absolute Gasteiger partial charge is 0.0688 e. The molecule has 1 radical (unpaired) electrons. The number of rotatable bonds is 2. The Morgan fingerprint density at radius 1 is 1.55 bits per heavy atom. The molecule has 2 heteroatoms. The average molecular weight is 169 g/mol. The topological polar surface area (TPSA) is 9.23 Å². The van der Waals surface area contributed by atoms with Gasteiger partial charge in [0.05, 0.1) is 14.7 Å². The molecule has 0 bridgehead atoms. The van der Waals surface area contributed by atoms with Gasteiger partial charge in [-0.05, 0) is 26.2 Å². The van der Waals surface area contributed by atoms with Crippen molar-refractivity contribution < 1.29 is 4.74 Å². The Labute approximate surface area is 71.7 Å². The third kappa shape index (κ3) is 2.17. The van der Waals surface area contributed by atoms with Crippen LogP contribution in [0.4, 0.5) is 0 Å². The first-order chi connectivity index (χ1) is 5.33. The van der Waals surface area contributed by atoms with Gasteiger partial charge in [-0.1, -0.05) is 18.7 Å². The molecule has 0 N–H and O–H groups in total. The Balaban J connectivity index is 2.56. The zero-order chi connectivity index (χ0) is 8.16. The maximum atomic E-state index is 5.79. The average Bonchev–Trinajstić information content (AvgIpc) is 2.07. The molecular formula is C9H17OSi. The molecule has 1 rings (SSSR count). The van der Waals surface area contributed by atoms with E-state index >= 15 is 0 Å². The first kappa shape index (κ1) is 9.01. The van der Waals surface area contributed by atoms with E-state index in [1.807, 2.05) is 6.08 Å². The standard InChI is InChI=1S/C9H17OSi/c1-3-6-9(11-2)7-4-5-8-10-9/h3,6H,1,4-5,7-8,11H2,2H3. The van der Waals surface area contributed by atoms with E-state index in [0.29, 0.717) is 0 Å². The van der Waals surface area contributed by atoms with Crippen molar-refractivity contribution in [2.75, 3.05) is 6.61 Å². The zero-order valence-corrected chi connectivity index (χ0v) is 8.72. The van der Waals surface area contributed by atoms with Crippen LogP contribution in [0.2, 0.25) is 6.55 Å². The molecule has 0 aromatic rings. The molecule has 0 aliphatic carbocycles. The fraction of sp³-hybridized carbons (Fsp3) is 0.667. The Kier molecular flexibility index (Phi) is 3.33. The van der Waals surface area contributed by atoms with E-state index in [-0.39, 0.29) is 14.7 Å². The molecule has 1 unspecified atom stereocenters. The predicted octanol–water partition coefficient (Wildman–Crippen LogP) is 1.49. The van der Waals surface area contributed by atoms with Gasteiger partial charge < -0.3 is 4.74 Å². The van der Waals surface area contributed by atoms with Gasteiger partial charge in [0.15, 0.2) is 0 Å². The van der Waals surface area contributed by atoms with E-state index in [2.05, 4.69) is 19.5 Å². The summed E-state index contributed by atoms with van der Waals surface area (Å²) in [6.07, 6.45) is 7.84. The first-order valence-corrected chi connectivity index (χ1v) is 6.56. The van der Waals surface area contributed by atoms with Crippen molar-refractivity contribution in [1.29, 1.82) is 0 Å². The number of hydrogen-bond donors (Lipinski definition) is 0. The van der Waals surface area contributed by atoms with Crippen LogP contribution in [0.3, 0.4) is 0 Å². The van der Waals surface area contributed by atoms with Crippen molar-refractivity contribution in [1.82, 2.24) is 0 Å². The fourth-order valence-electron chi connectivity index (χ4n) is 1.62. The van der Waals surface area contributed by atoms with Crippen LogP contribution in [0.1, 0.15) is 19.3 Å². The molecule has 1 aliphatic rings. The van der Waals surface area contributed by atoms with Gasteiger partial charge in [-0.3, -0.25) is 0 Å². The van der Waals surface area contributed by atoms with Gasteiger partial charge in [-0.25, -0.2) is 0 Å². The maximum Gasteiger partial charge on any atom is 0.0688 e. The van der Waals surface area contributed by atoms with Gasteiger partial charge in [-0.2, -0.15) is 0 Å². The van der Waals surface area contributed by atoms with E-state index in [0.717, 1.165) is 6.61 Å². The molecule has 0 spiro atoms. The van der Waals surface area contributed by atoms with Crippen molar-refractivity contribution in [3.05, 3.63) is 19.1 Å². The summed E-state index contributed by atoms with van der Waals surface area (Å²) in [5.41, 5.74) is 0. The summed E-state index contributed by atoms with van der Waals surface area (Å²) in [5.74, 6) is 0. The van der Waals surface area contributed by atoms with Gasteiger partial charge in [0.1, 0.15) is 0 Å². The lowest BCUT2D eigenvalue weighted by atomic mass is 10.1. The lowest BCUT2D eigenvalue weighted by Gasteiger charge is -2.33. The van der Waals surface area contributed by atoms with E-state index < -0.39 is 0 Å². The van der Waals surface area contributed by atoms with E-state index in [4.69, 9.17) is 4.74 Å². The van der Waals surface area contributed by atoms with Crippen LogP contribution in [0, 0.1) is 6.92 Å². The molecule has 1 fully saturated rings. The van der Waals surface area contributed by atoms with Crippen molar-refractivity contribution in [2.24, 2.45) is 0 Å². The van der Waals surface area contributed by atoms with Gasteiger partial charge in [0, 0.05) is 6.61 Å². The number of ether oxygens (including phenoxy) is 1. The summed E-state index contributed by atoms with van der Waals surface area (Å²) in [6.45, 7) is 6.99. The van der Waals surface area contributed by atoms with E-state index in [1.54, 1.807) is 0 Å². The van der Waals surface area contributed by atoms with Gasteiger partial charge in [0.2, 0.25) is 0 Å². The molecule has 63 valence electrons. The van der Waals surface area contributed by atoms with Crippen molar-refractivity contribution >= 4 is 9.52 Å². The van der Waals surface area contributed by atoms with Crippen LogP contribution in [0.5, 0.6) is 0 Å². The largest absolute Gasteiger partial charge is 0.375 e. The second-order valence-corrected chi connectivity index (χ2v) is 5.03. The highest BCUT2D eigenvalue weighted by molar-refractivity contribution is 6.38. The highest BCUT2D eigenvalue weighted by Gasteiger charge is 2.27. The molecule has 0 amide bonds. The van der Waals surface area contributed by atoms with Crippen LogP contribution in [-0.2, 0) is 4.74 Å². The fourth-order valence-corrected chi connectivity index (χ4v) is 2.97. The maximum absolute atomic E-state index is 5.79. The Hall–Kier alpha value is -0.0831. The summed E-state index contributed by atoms with van der Waals surface area (Å²) >= 11 is 0. The second-order valence-electron chi connectivity index (χ2n) is 3.13. The van der Waals surface area contributed by atoms with Crippen molar-refractivity contribution in [3.8, 4) is 0 Å². The number of allylic oxidation sites excluding steroid dienone is 1. The molecule has 1 saturated heterocycles. The SMILES string of the molecule is [CH2]C=CC1([SiH2]C)CCCCO1. The summed E-state index contributed by atoms with van der Waals surface area (Å²) in [4.78, 5) is 0. The summed E-state index contributed by atoms with van der Waals surface area (Å²) in [5, 5.41) is 0.167. The monoisotopic (exact) mass is 169 g/mol. The van der Waals surface area contributed by atoms with Gasteiger partial charge >= 0.3 is 0 Å². The summed E-state index contributed by atoms with van der Waals surface area (Å²) in [7, 11) is -0.0987. The minimum atomic E-state index is -0.0987. The molecule has 11 heavy (non-hydrogen) atoms. The first-order valence-electron chi connectivity index (χ1n) is 4.44. The minimum absolute atomic E-state index is 0.0987. The Morgan fingerprint density at radius 3 is 2.82 bits per heavy atom. The van der Waals surface area contributed by atoms with Gasteiger partial charge in [-0.15, -0.1) is 0 Å². The third-order valence-corrected chi connectivity index (χ3v) is 4.39. The molecule has 0 saturated carbocycles. The van der Waals surface area contributed by atoms with Crippen LogP contribution in [0.25, 0.3) is 0 Å². The molecule has 1 aliphatic heterocycles. The highest BCUT2D eigenvalue weighted by Crippen LogP contribution is 2.25. The summed E-state index contributed by atoms with van der Waals surface area (Å²) in [6, 6.07) is 0. The predicted molar refractivity (Wildman–Crippen MR) is 51.4 cm³/mol. The molecule has 1 nitrogen and oxygen atoms in total. The highest BCUT2D eigenvalue weighted by atomic mass is 28.2. The zero-order valence-electron chi connectivity index (χ0n) is 7.31. The van der Waals surface area contributed by atoms with Crippen LogP contribution in [-0.4, -0.2) is 21.4 Å².